The van der Waals surface area contributed by atoms with Crippen molar-refractivity contribution in [2.75, 3.05) is 6.54 Å². The normalized spacial score (nSPS) is 18.7. The van der Waals surface area contributed by atoms with Gasteiger partial charge in [0, 0.05) is 24.0 Å². The molecular formula is C24H25N5O3. The maximum absolute atomic E-state index is 13.7. The van der Waals surface area contributed by atoms with Gasteiger partial charge in [-0.15, -0.1) is 0 Å². The van der Waals surface area contributed by atoms with Crippen LogP contribution in [0, 0.1) is 6.92 Å². The maximum Gasteiger partial charge on any atom is 0.292 e. The molecule has 1 amide bonds. The molecule has 8 nitrogen and oxygen atoms in total. The summed E-state index contributed by atoms with van der Waals surface area (Å²) in [4.78, 5) is 32.2. The number of nitrogens with zero attached hydrogens (tertiary/aromatic N) is 4. The summed E-state index contributed by atoms with van der Waals surface area (Å²) < 4.78 is 5.75. The van der Waals surface area contributed by atoms with Crippen LogP contribution in [0.25, 0.3) is 10.8 Å². The van der Waals surface area contributed by atoms with Crippen molar-refractivity contribution in [3.63, 3.8) is 0 Å². The van der Waals surface area contributed by atoms with Crippen LogP contribution in [0.4, 0.5) is 0 Å². The second-order valence-corrected chi connectivity index (χ2v) is 8.91. The Morgan fingerprint density at radius 3 is 2.72 bits per heavy atom. The molecule has 0 fully saturated rings. The van der Waals surface area contributed by atoms with Crippen molar-refractivity contribution in [1.82, 2.24) is 24.8 Å². The minimum absolute atomic E-state index is 0.0360. The Bertz CT molecular complexity index is 1320. The summed E-state index contributed by atoms with van der Waals surface area (Å²) in [7, 11) is 0. The highest BCUT2D eigenvalue weighted by Crippen LogP contribution is 2.39. The number of aryl methyl sites for hydroxylation is 1. The van der Waals surface area contributed by atoms with E-state index in [1.807, 2.05) is 43.5 Å². The van der Waals surface area contributed by atoms with Crippen molar-refractivity contribution < 1.29 is 14.3 Å². The molecule has 32 heavy (non-hydrogen) atoms. The predicted molar refractivity (Wildman–Crippen MR) is 118 cm³/mol. The van der Waals surface area contributed by atoms with Crippen LogP contribution in [0.15, 0.2) is 47.3 Å². The van der Waals surface area contributed by atoms with Crippen molar-refractivity contribution >= 4 is 16.7 Å². The number of benzene rings is 1. The molecule has 0 bridgehead atoms. The fraction of sp³-hybridized carbons (Fsp3) is 0.333. The number of carbonyl (C=O) groups is 1. The Hall–Kier alpha value is -3.52. The number of rotatable bonds is 3. The molecule has 3 aromatic heterocycles. The Morgan fingerprint density at radius 1 is 1.25 bits per heavy atom. The molecule has 0 saturated carbocycles. The lowest BCUT2D eigenvalue weighted by Gasteiger charge is -2.37. The minimum atomic E-state index is -1.28. The van der Waals surface area contributed by atoms with Gasteiger partial charge in [-0.3, -0.25) is 9.78 Å². The highest BCUT2D eigenvalue weighted by Gasteiger charge is 2.40. The zero-order valence-corrected chi connectivity index (χ0v) is 18.5. The van der Waals surface area contributed by atoms with Gasteiger partial charge in [-0.05, 0) is 32.2 Å². The zero-order valence-electron chi connectivity index (χ0n) is 18.5. The average Bonchev–Trinajstić information content (AvgIpc) is 3.40. The molecule has 5 rings (SSSR count). The molecule has 0 unspecified atom stereocenters. The number of hydrogen-bond acceptors (Lipinski definition) is 6. The minimum Gasteiger partial charge on any atom is -0.432 e. The predicted octanol–water partition coefficient (Wildman–Crippen LogP) is 3.83. The van der Waals surface area contributed by atoms with Crippen LogP contribution in [-0.2, 0) is 5.60 Å². The van der Waals surface area contributed by atoms with E-state index in [4.69, 9.17) is 9.40 Å². The van der Waals surface area contributed by atoms with E-state index in [0.717, 1.165) is 27.9 Å². The van der Waals surface area contributed by atoms with Crippen molar-refractivity contribution in [2.24, 2.45) is 0 Å². The quantitative estimate of drug-likeness (QED) is 0.510. The van der Waals surface area contributed by atoms with Gasteiger partial charge in [-0.1, -0.05) is 31.2 Å². The molecule has 164 valence electrons. The molecule has 1 aliphatic rings. The third kappa shape index (κ3) is 3.27. The van der Waals surface area contributed by atoms with Crippen LogP contribution < -0.4 is 0 Å². The number of H-pyrrole nitrogens is 1. The third-order valence-electron chi connectivity index (χ3n) is 5.93. The van der Waals surface area contributed by atoms with Gasteiger partial charge in [0.2, 0.25) is 11.7 Å². The van der Waals surface area contributed by atoms with Crippen molar-refractivity contribution in [3.05, 3.63) is 77.3 Å². The van der Waals surface area contributed by atoms with Gasteiger partial charge in [0.1, 0.15) is 11.6 Å². The Labute approximate surface area is 185 Å². The first kappa shape index (κ1) is 20.4. The standard InChI is InChI=1S/C24H25N5O3/c1-13-11-29(22(30)21-14(2)28-23(32-21)24(3,4)31)20(19-18(13)26-12-27-19)17-9-15-7-5-6-8-16(15)10-25-17/h5-10,12-13,20,31H,11H2,1-4H3,(H,26,27)/t13-,20-/m0/s1. The molecule has 8 heteroatoms. The van der Waals surface area contributed by atoms with E-state index < -0.39 is 11.6 Å². The van der Waals surface area contributed by atoms with Crippen LogP contribution in [0.3, 0.4) is 0 Å². The lowest BCUT2D eigenvalue weighted by molar-refractivity contribution is 0.0437. The molecule has 2 atom stereocenters. The monoisotopic (exact) mass is 431 g/mol. The molecule has 4 aromatic rings. The summed E-state index contributed by atoms with van der Waals surface area (Å²) in [6.45, 7) is 7.36. The number of carbonyl (C=O) groups excluding carboxylic acids is 1. The van der Waals surface area contributed by atoms with E-state index in [2.05, 4.69) is 15.0 Å². The molecular weight excluding hydrogens is 406 g/mol. The molecule has 0 spiro atoms. The smallest absolute Gasteiger partial charge is 0.292 e. The van der Waals surface area contributed by atoms with E-state index in [1.165, 1.54) is 0 Å². The summed E-state index contributed by atoms with van der Waals surface area (Å²) in [6, 6.07) is 9.56. The number of hydrogen-bond donors (Lipinski definition) is 2. The van der Waals surface area contributed by atoms with Crippen LogP contribution in [-0.4, -0.2) is 42.4 Å². The van der Waals surface area contributed by atoms with E-state index in [-0.39, 0.29) is 23.5 Å². The van der Waals surface area contributed by atoms with Gasteiger partial charge in [-0.25, -0.2) is 9.97 Å². The summed E-state index contributed by atoms with van der Waals surface area (Å²) in [5.41, 5.74) is 1.68. The number of amides is 1. The van der Waals surface area contributed by atoms with Crippen LogP contribution in [0.1, 0.15) is 72.0 Å². The van der Waals surface area contributed by atoms with E-state index >= 15 is 0 Å². The van der Waals surface area contributed by atoms with Gasteiger partial charge in [0.25, 0.3) is 5.91 Å². The number of nitrogens with one attached hydrogen (secondary N) is 1. The van der Waals surface area contributed by atoms with Gasteiger partial charge >= 0.3 is 0 Å². The van der Waals surface area contributed by atoms with E-state index in [1.54, 1.807) is 32.0 Å². The number of aliphatic hydroxyl groups is 1. The van der Waals surface area contributed by atoms with Gasteiger partial charge in [0.15, 0.2) is 0 Å². The summed E-state index contributed by atoms with van der Waals surface area (Å²) in [5.74, 6) is -0.0134. The first-order chi connectivity index (χ1) is 15.2. The number of aromatic nitrogens is 4. The van der Waals surface area contributed by atoms with Gasteiger partial charge < -0.3 is 19.4 Å². The molecule has 4 heterocycles. The van der Waals surface area contributed by atoms with Crippen LogP contribution >= 0.6 is 0 Å². The third-order valence-corrected chi connectivity index (χ3v) is 5.93. The zero-order chi connectivity index (χ0) is 22.6. The SMILES string of the molecule is Cc1nc(C(C)(C)O)oc1C(=O)N1C[C@H](C)c2nc[nH]c2[C@@H]1c1cc2ccccc2cn1. The van der Waals surface area contributed by atoms with Crippen molar-refractivity contribution in [1.29, 1.82) is 0 Å². The van der Waals surface area contributed by atoms with E-state index in [0.29, 0.717) is 12.2 Å². The van der Waals surface area contributed by atoms with Gasteiger partial charge in [0.05, 0.1) is 29.1 Å². The van der Waals surface area contributed by atoms with Gasteiger partial charge in [-0.2, -0.15) is 0 Å². The fourth-order valence-electron chi connectivity index (χ4n) is 4.31. The van der Waals surface area contributed by atoms with E-state index in [9.17, 15) is 9.90 Å². The highest BCUT2D eigenvalue weighted by atomic mass is 16.4. The van der Waals surface area contributed by atoms with Crippen molar-refractivity contribution in [2.45, 2.75) is 45.3 Å². The molecule has 1 aromatic carbocycles. The maximum atomic E-state index is 13.7. The fourth-order valence-corrected chi connectivity index (χ4v) is 4.31. The largest absolute Gasteiger partial charge is 0.432 e. The summed E-state index contributed by atoms with van der Waals surface area (Å²) in [5, 5.41) is 12.4. The highest BCUT2D eigenvalue weighted by molar-refractivity contribution is 5.93. The summed E-state index contributed by atoms with van der Waals surface area (Å²) in [6.07, 6.45) is 3.49. The topological polar surface area (TPSA) is 108 Å². The average molecular weight is 431 g/mol. The molecule has 0 radical (unpaired) electrons. The second kappa shape index (κ2) is 7.27. The van der Waals surface area contributed by atoms with Crippen LogP contribution in [0.2, 0.25) is 0 Å². The lowest BCUT2D eigenvalue weighted by atomic mass is 9.92. The second-order valence-electron chi connectivity index (χ2n) is 8.91. The first-order valence-corrected chi connectivity index (χ1v) is 10.6. The number of fused-ring (bicyclic) bond motifs is 2. The first-order valence-electron chi connectivity index (χ1n) is 10.6. The van der Waals surface area contributed by atoms with Crippen molar-refractivity contribution in [3.8, 4) is 0 Å². The number of aromatic amines is 1. The Balaban J connectivity index is 1.63. The summed E-state index contributed by atoms with van der Waals surface area (Å²) >= 11 is 0. The number of imidazole rings is 1. The van der Waals surface area contributed by atoms with Crippen LogP contribution in [0.5, 0.6) is 0 Å². The molecule has 0 aliphatic carbocycles. The Kier molecular flexibility index (Phi) is 4.63. The number of pyridine rings is 1. The lowest BCUT2D eigenvalue weighted by Crippen LogP contribution is -2.42. The Morgan fingerprint density at radius 2 is 2.00 bits per heavy atom. The molecule has 0 saturated heterocycles. The number of oxazole rings is 1. The molecule has 2 N–H and O–H groups in total. The molecule has 1 aliphatic heterocycles.